The van der Waals surface area contributed by atoms with E-state index in [0.29, 0.717) is 19.3 Å². The lowest BCUT2D eigenvalue weighted by molar-refractivity contribution is -0.922. The summed E-state index contributed by atoms with van der Waals surface area (Å²) in [6.45, 7) is 33.2. The van der Waals surface area contributed by atoms with Crippen LogP contribution in [-0.4, -0.2) is 99.3 Å². The fraction of sp³-hybridized carbons (Fsp3) is 0.889. The van der Waals surface area contributed by atoms with Crippen molar-refractivity contribution in [2.24, 2.45) is 0 Å². The summed E-state index contributed by atoms with van der Waals surface area (Å²) in [7, 11) is -2.92. The maximum Gasteiger partial charge on any atom is 0.0918 e. The summed E-state index contributed by atoms with van der Waals surface area (Å²) in [6, 6.07) is 6.63. The van der Waals surface area contributed by atoms with E-state index in [9.17, 15) is 0 Å². The van der Waals surface area contributed by atoms with Gasteiger partial charge in [0.25, 0.3) is 0 Å². The van der Waals surface area contributed by atoms with E-state index in [1.165, 1.54) is 0 Å². The molecule has 0 fully saturated rings. The molecule has 37 heavy (non-hydrogen) atoms. The van der Waals surface area contributed by atoms with E-state index in [0.717, 1.165) is 92.0 Å². The van der Waals surface area contributed by atoms with Crippen LogP contribution in [0.2, 0.25) is 0 Å². The fourth-order valence-electron chi connectivity index (χ4n) is 4.30. The van der Waals surface area contributed by atoms with Crippen molar-refractivity contribution in [1.29, 1.82) is 15.8 Å². The minimum Gasteiger partial charge on any atom is -0.907 e. The first-order valence-corrected chi connectivity index (χ1v) is 14.1. The van der Waals surface area contributed by atoms with Gasteiger partial charge in [0, 0.05) is 0 Å². The third-order valence-electron chi connectivity index (χ3n) is 8.13. The molecule has 0 heterocycles. The molecule has 0 aromatic rings. The van der Waals surface area contributed by atoms with Crippen molar-refractivity contribution in [3.8, 4) is 18.2 Å². The number of nitriles is 3. The zero-order valence-corrected chi connectivity index (χ0v) is 25.6. The first-order valence-electron chi connectivity index (χ1n) is 14.1. The molecule has 0 atom stereocenters. The van der Waals surface area contributed by atoms with Crippen molar-refractivity contribution in [1.82, 2.24) is 0 Å². The van der Waals surface area contributed by atoms with E-state index in [4.69, 9.17) is 30.9 Å². The van der Waals surface area contributed by atoms with Crippen molar-refractivity contribution in [2.75, 3.05) is 78.5 Å². The zero-order valence-electron chi connectivity index (χ0n) is 25.6. The SMILES string of the molecule is CC[N+](CC)(CC)CCC#N.CC[N+](CC)(CC)CCC#N.CC[N+](CC)(CC)CCC#N.[O-]B([O-])[O-]. The normalized spacial score (nSPS) is 10.6. The van der Waals surface area contributed by atoms with E-state index in [1.54, 1.807) is 0 Å². The Hall–Kier alpha value is -1.71. The molecule has 0 aliphatic heterocycles. The standard InChI is InChI=1S/3C9H19N2.BO3/c3*1-4-11(5-2,6-3)9-7-8-10;2-1(3)4/h3*4-7,9H2,1-3H3;/q3*+1;-3. The third-order valence-corrected chi connectivity index (χ3v) is 8.13. The van der Waals surface area contributed by atoms with Crippen LogP contribution in [-0.2, 0) is 0 Å². The quantitative estimate of drug-likeness (QED) is 0.234. The van der Waals surface area contributed by atoms with Gasteiger partial charge in [-0.3, -0.25) is 7.32 Å². The number of quaternary nitrogens is 3. The van der Waals surface area contributed by atoms with E-state index in [-0.39, 0.29) is 0 Å². The van der Waals surface area contributed by atoms with Crippen molar-refractivity contribution in [3.63, 3.8) is 0 Å². The lowest BCUT2D eigenvalue weighted by Gasteiger charge is -2.35. The van der Waals surface area contributed by atoms with Gasteiger partial charge in [0.1, 0.15) is 0 Å². The molecular formula is C27H57BN6O3. The molecule has 0 unspecified atom stereocenters. The fourth-order valence-corrected chi connectivity index (χ4v) is 4.30. The van der Waals surface area contributed by atoms with Gasteiger partial charge in [-0.05, 0) is 62.3 Å². The predicted molar refractivity (Wildman–Crippen MR) is 147 cm³/mol. The highest BCUT2D eigenvalue weighted by atomic mass is 16.5. The highest BCUT2D eigenvalue weighted by molar-refractivity contribution is 6.24. The average molecular weight is 525 g/mol. The molecule has 10 heteroatoms. The lowest BCUT2D eigenvalue weighted by Crippen LogP contribution is -2.56. The Morgan fingerprint density at radius 1 is 0.432 bits per heavy atom. The molecule has 0 bridgehead atoms. The first-order chi connectivity index (χ1) is 17.5. The summed E-state index contributed by atoms with van der Waals surface area (Å²) in [5.74, 6) is 0. The van der Waals surface area contributed by atoms with Crippen LogP contribution in [0.1, 0.15) is 81.6 Å². The van der Waals surface area contributed by atoms with Gasteiger partial charge in [0.15, 0.2) is 0 Å². The number of hydrogen-bond donors (Lipinski definition) is 0. The van der Waals surface area contributed by atoms with Gasteiger partial charge in [0.2, 0.25) is 0 Å². The molecule has 0 aliphatic carbocycles. The lowest BCUT2D eigenvalue weighted by atomic mass is 10.3. The summed E-state index contributed by atoms with van der Waals surface area (Å²) in [5, 5.41) is 50.6. The monoisotopic (exact) mass is 524 g/mol. The Balaban J connectivity index is -0.000000205. The van der Waals surface area contributed by atoms with Gasteiger partial charge in [-0.25, -0.2) is 0 Å². The van der Waals surface area contributed by atoms with Crippen LogP contribution in [0.5, 0.6) is 0 Å². The van der Waals surface area contributed by atoms with Gasteiger partial charge in [-0.15, -0.1) is 0 Å². The molecule has 0 radical (unpaired) electrons. The van der Waals surface area contributed by atoms with Gasteiger partial charge in [0.05, 0.1) is 116 Å². The minimum absolute atomic E-state index is 0.690. The highest BCUT2D eigenvalue weighted by Gasteiger charge is 2.20. The number of rotatable bonds is 15. The van der Waals surface area contributed by atoms with E-state index >= 15 is 0 Å². The third kappa shape index (κ3) is 22.0. The first kappa shape index (κ1) is 42.4. The number of nitrogens with zero attached hydrogens (tertiary/aromatic N) is 6. The Morgan fingerprint density at radius 3 is 0.649 bits per heavy atom. The molecule has 0 aromatic heterocycles. The average Bonchev–Trinajstić information content (AvgIpc) is 2.92. The summed E-state index contributed by atoms with van der Waals surface area (Å²) in [4.78, 5) is 0. The van der Waals surface area contributed by atoms with E-state index < -0.39 is 7.32 Å². The van der Waals surface area contributed by atoms with E-state index in [2.05, 4.69) is 80.5 Å². The van der Waals surface area contributed by atoms with Crippen LogP contribution in [0.25, 0.3) is 0 Å². The predicted octanol–water partition coefficient (Wildman–Crippen LogP) is 1.38. The molecule has 0 N–H and O–H groups in total. The van der Waals surface area contributed by atoms with Crippen LogP contribution in [0.3, 0.4) is 0 Å². The second-order valence-electron chi connectivity index (χ2n) is 9.05. The van der Waals surface area contributed by atoms with Crippen LogP contribution < -0.4 is 15.1 Å². The van der Waals surface area contributed by atoms with Crippen molar-refractivity contribution >= 4 is 7.32 Å². The van der Waals surface area contributed by atoms with Crippen LogP contribution >= 0.6 is 0 Å². The largest absolute Gasteiger partial charge is 0.907 e. The van der Waals surface area contributed by atoms with Gasteiger partial charge < -0.3 is 28.5 Å². The Kier molecular flexibility index (Phi) is 31.3. The smallest absolute Gasteiger partial charge is 0.0918 e. The molecule has 0 saturated carbocycles. The second kappa shape index (κ2) is 27.3. The molecule has 0 amide bonds. The Morgan fingerprint density at radius 2 is 0.568 bits per heavy atom. The van der Waals surface area contributed by atoms with Crippen LogP contribution in [0.15, 0.2) is 0 Å². The minimum atomic E-state index is -2.92. The molecule has 0 rings (SSSR count). The van der Waals surface area contributed by atoms with E-state index in [1.807, 2.05) is 0 Å². The Labute approximate surface area is 230 Å². The van der Waals surface area contributed by atoms with Crippen molar-refractivity contribution in [3.05, 3.63) is 0 Å². The molecule has 0 aliphatic rings. The van der Waals surface area contributed by atoms with Crippen molar-refractivity contribution in [2.45, 2.75) is 81.6 Å². The van der Waals surface area contributed by atoms with Crippen LogP contribution in [0.4, 0.5) is 0 Å². The summed E-state index contributed by atoms with van der Waals surface area (Å²) >= 11 is 0. The summed E-state index contributed by atoms with van der Waals surface area (Å²) < 4.78 is 3.27. The number of hydrogen-bond acceptors (Lipinski definition) is 6. The topological polar surface area (TPSA) is 141 Å². The molecule has 0 spiro atoms. The molecule has 216 valence electrons. The Bertz CT molecular complexity index is 509. The van der Waals surface area contributed by atoms with Crippen LogP contribution in [0, 0.1) is 34.0 Å². The van der Waals surface area contributed by atoms with Crippen molar-refractivity contribution < 1.29 is 28.5 Å². The summed E-state index contributed by atoms with van der Waals surface area (Å²) in [5.41, 5.74) is 0. The zero-order chi connectivity index (χ0) is 29.8. The molecule has 9 nitrogen and oxygen atoms in total. The molecule has 0 saturated heterocycles. The van der Waals surface area contributed by atoms with Gasteiger partial charge in [-0.2, -0.15) is 15.8 Å². The maximum absolute atomic E-state index is 8.46. The second-order valence-corrected chi connectivity index (χ2v) is 9.05. The van der Waals surface area contributed by atoms with Gasteiger partial charge in [-0.1, -0.05) is 0 Å². The van der Waals surface area contributed by atoms with Gasteiger partial charge >= 0.3 is 0 Å². The maximum atomic E-state index is 8.46. The summed E-state index contributed by atoms with van der Waals surface area (Å²) in [6.07, 6.45) is 2.07. The molecule has 0 aromatic carbocycles. The highest BCUT2D eigenvalue weighted by Crippen LogP contribution is 2.07. The molecular weight excluding hydrogens is 467 g/mol.